The first-order valence-electron chi connectivity index (χ1n) is 10.6. The van der Waals surface area contributed by atoms with Crippen LogP contribution in [0.3, 0.4) is 0 Å². The van der Waals surface area contributed by atoms with Crippen LogP contribution in [0.4, 0.5) is 5.69 Å². The number of rotatable bonds is 13. The average Bonchev–Trinajstić information content (AvgIpc) is 2.72. The molecular formula is C24H34N2O3. The molecule has 2 aromatic rings. The first-order valence-corrected chi connectivity index (χ1v) is 10.6. The van der Waals surface area contributed by atoms with Crippen LogP contribution in [0.2, 0.25) is 0 Å². The third kappa shape index (κ3) is 8.57. The fourth-order valence-electron chi connectivity index (χ4n) is 2.94. The van der Waals surface area contributed by atoms with Gasteiger partial charge in [0.15, 0.2) is 18.1 Å². The van der Waals surface area contributed by atoms with E-state index in [-0.39, 0.29) is 12.5 Å². The van der Waals surface area contributed by atoms with Gasteiger partial charge in [0, 0.05) is 12.2 Å². The SMILES string of the molecule is CCCCCCNCc1ccc(OCC(=O)Nc2ccc(C)cc2)c(OCC)c1. The molecule has 5 heteroatoms. The van der Waals surface area contributed by atoms with Crippen molar-refractivity contribution in [3.8, 4) is 11.5 Å². The summed E-state index contributed by atoms with van der Waals surface area (Å²) in [6.45, 7) is 8.45. The lowest BCUT2D eigenvalue weighted by atomic mass is 10.2. The van der Waals surface area contributed by atoms with Crippen molar-refractivity contribution in [2.75, 3.05) is 25.1 Å². The van der Waals surface area contributed by atoms with Crippen LogP contribution < -0.4 is 20.1 Å². The lowest BCUT2D eigenvalue weighted by Crippen LogP contribution is -2.20. The summed E-state index contributed by atoms with van der Waals surface area (Å²) >= 11 is 0. The Hall–Kier alpha value is -2.53. The van der Waals surface area contributed by atoms with Gasteiger partial charge in [0.05, 0.1) is 6.61 Å². The Labute approximate surface area is 174 Å². The Balaban J connectivity index is 1.85. The fourth-order valence-corrected chi connectivity index (χ4v) is 2.94. The van der Waals surface area contributed by atoms with Crippen molar-refractivity contribution in [2.45, 2.75) is 53.0 Å². The van der Waals surface area contributed by atoms with Crippen molar-refractivity contribution in [3.63, 3.8) is 0 Å². The number of ether oxygens (including phenoxy) is 2. The first kappa shape index (κ1) is 22.8. The number of carbonyl (C=O) groups is 1. The third-order valence-corrected chi connectivity index (χ3v) is 4.54. The van der Waals surface area contributed by atoms with Gasteiger partial charge in [0.1, 0.15) is 0 Å². The lowest BCUT2D eigenvalue weighted by molar-refractivity contribution is -0.118. The molecule has 0 fully saturated rings. The Kier molecular flexibility index (Phi) is 10.1. The number of hydrogen-bond acceptors (Lipinski definition) is 4. The van der Waals surface area contributed by atoms with E-state index in [1.165, 1.54) is 25.7 Å². The molecule has 0 radical (unpaired) electrons. The van der Waals surface area contributed by atoms with Crippen LogP contribution in [0.1, 0.15) is 50.7 Å². The first-order chi connectivity index (χ1) is 14.1. The van der Waals surface area contributed by atoms with Gasteiger partial charge in [-0.1, -0.05) is 49.9 Å². The topological polar surface area (TPSA) is 59.6 Å². The largest absolute Gasteiger partial charge is 0.490 e. The van der Waals surface area contributed by atoms with Gasteiger partial charge < -0.3 is 20.1 Å². The van der Waals surface area contributed by atoms with Crippen LogP contribution in [0.15, 0.2) is 42.5 Å². The summed E-state index contributed by atoms with van der Waals surface area (Å²) in [6.07, 6.45) is 5.01. The zero-order valence-corrected chi connectivity index (χ0v) is 17.9. The molecule has 0 atom stereocenters. The molecule has 2 rings (SSSR count). The Bertz CT molecular complexity index is 744. The summed E-state index contributed by atoms with van der Waals surface area (Å²) < 4.78 is 11.4. The van der Waals surface area contributed by atoms with Gasteiger partial charge in [-0.2, -0.15) is 0 Å². The predicted molar refractivity (Wildman–Crippen MR) is 119 cm³/mol. The van der Waals surface area contributed by atoms with Crippen LogP contribution in [0, 0.1) is 6.92 Å². The van der Waals surface area contributed by atoms with Crippen molar-refractivity contribution in [1.82, 2.24) is 5.32 Å². The van der Waals surface area contributed by atoms with Crippen LogP contribution in [-0.2, 0) is 11.3 Å². The van der Waals surface area contributed by atoms with E-state index >= 15 is 0 Å². The number of hydrogen-bond donors (Lipinski definition) is 2. The highest BCUT2D eigenvalue weighted by Crippen LogP contribution is 2.28. The molecule has 29 heavy (non-hydrogen) atoms. The second kappa shape index (κ2) is 12.8. The summed E-state index contributed by atoms with van der Waals surface area (Å²) in [7, 11) is 0. The number of nitrogens with one attached hydrogen (secondary N) is 2. The highest BCUT2D eigenvalue weighted by molar-refractivity contribution is 5.91. The van der Waals surface area contributed by atoms with Crippen molar-refractivity contribution >= 4 is 11.6 Å². The number of aryl methyl sites for hydroxylation is 1. The normalized spacial score (nSPS) is 10.6. The molecule has 5 nitrogen and oxygen atoms in total. The van der Waals surface area contributed by atoms with Gasteiger partial charge in [0.2, 0.25) is 0 Å². The molecule has 2 N–H and O–H groups in total. The molecule has 0 saturated heterocycles. The van der Waals surface area contributed by atoms with Crippen LogP contribution in [0.25, 0.3) is 0 Å². The molecule has 0 heterocycles. The van der Waals surface area contributed by atoms with Gasteiger partial charge in [-0.05, 0) is 56.6 Å². The van der Waals surface area contributed by atoms with Gasteiger partial charge in [-0.3, -0.25) is 4.79 Å². The van der Waals surface area contributed by atoms with Gasteiger partial charge in [0.25, 0.3) is 5.91 Å². The average molecular weight is 399 g/mol. The van der Waals surface area contributed by atoms with E-state index in [1.807, 2.05) is 56.3 Å². The Morgan fingerprint density at radius 1 is 0.931 bits per heavy atom. The van der Waals surface area contributed by atoms with E-state index < -0.39 is 0 Å². The quantitative estimate of drug-likeness (QED) is 0.462. The second-order valence-electron chi connectivity index (χ2n) is 7.15. The summed E-state index contributed by atoms with van der Waals surface area (Å²) in [5.41, 5.74) is 3.05. The highest BCUT2D eigenvalue weighted by Gasteiger charge is 2.10. The Morgan fingerprint density at radius 2 is 1.72 bits per heavy atom. The molecule has 0 aliphatic rings. The summed E-state index contributed by atoms with van der Waals surface area (Å²) in [5, 5.41) is 6.31. The van der Waals surface area contributed by atoms with Crippen LogP contribution in [-0.4, -0.2) is 25.7 Å². The maximum Gasteiger partial charge on any atom is 0.262 e. The number of carbonyl (C=O) groups excluding carboxylic acids is 1. The van der Waals surface area contributed by atoms with Crippen LogP contribution in [0.5, 0.6) is 11.5 Å². The molecule has 0 aliphatic heterocycles. The highest BCUT2D eigenvalue weighted by atomic mass is 16.5. The number of anilines is 1. The molecule has 0 aromatic heterocycles. The predicted octanol–water partition coefficient (Wildman–Crippen LogP) is 5.08. The molecule has 158 valence electrons. The standard InChI is InChI=1S/C24H34N2O3/c1-4-6-7-8-15-25-17-20-11-14-22(23(16-20)28-5-2)29-18-24(27)26-21-12-9-19(3)10-13-21/h9-14,16,25H,4-8,15,17-18H2,1-3H3,(H,26,27). The van der Waals surface area contributed by atoms with Crippen molar-refractivity contribution in [2.24, 2.45) is 0 Å². The van der Waals surface area contributed by atoms with Gasteiger partial charge in [-0.25, -0.2) is 0 Å². The molecule has 2 aromatic carbocycles. The molecule has 0 saturated carbocycles. The minimum absolute atomic E-state index is 0.0665. The minimum Gasteiger partial charge on any atom is -0.490 e. The van der Waals surface area contributed by atoms with E-state index in [9.17, 15) is 4.79 Å². The molecule has 0 bridgehead atoms. The van der Waals surface area contributed by atoms with E-state index in [4.69, 9.17) is 9.47 Å². The second-order valence-corrected chi connectivity index (χ2v) is 7.15. The summed E-state index contributed by atoms with van der Waals surface area (Å²) in [5.74, 6) is 1.05. The van der Waals surface area contributed by atoms with Crippen LogP contribution >= 0.6 is 0 Å². The van der Waals surface area contributed by atoms with Gasteiger partial charge in [-0.15, -0.1) is 0 Å². The molecule has 0 aliphatic carbocycles. The molecule has 1 amide bonds. The zero-order valence-electron chi connectivity index (χ0n) is 17.9. The van der Waals surface area contributed by atoms with Crippen molar-refractivity contribution in [3.05, 3.63) is 53.6 Å². The number of amides is 1. The van der Waals surface area contributed by atoms with Gasteiger partial charge >= 0.3 is 0 Å². The maximum absolute atomic E-state index is 12.2. The maximum atomic E-state index is 12.2. The minimum atomic E-state index is -0.200. The lowest BCUT2D eigenvalue weighted by Gasteiger charge is -2.14. The smallest absolute Gasteiger partial charge is 0.262 e. The van der Waals surface area contributed by atoms with E-state index in [0.717, 1.165) is 29.9 Å². The number of benzene rings is 2. The summed E-state index contributed by atoms with van der Waals surface area (Å²) in [4.78, 5) is 12.2. The summed E-state index contributed by atoms with van der Waals surface area (Å²) in [6, 6.07) is 13.5. The Morgan fingerprint density at radius 3 is 2.45 bits per heavy atom. The van der Waals surface area contributed by atoms with E-state index in [1.54, 1.807) is 0 Å². The zero-order chi connectivity index (χ0) is 20.9. The van der Waals surface area contributed by atoms with Crippen molar-refractivity contribution < 1.29 is 14.3 Å². The molecule has 0 unspecified atom stereocenters. The van der Waals surface area contributed by atoms with E-state index in [0.29, 0.717) is 18.1 Å². The number of unbranched alkanes of at least 4 members (excludes halogenated alkanes) is 3. The third-order valence-electron chi connectivity index (χ3n) is 4.54. The monoisotopic (exact) mass is 398 g/mol. The molecular weight excluding hydrogens is 364 g/mol. The van der Waals surface area contributed by atoms with Crippen molar-refractivity contribution in [1.29, 1.82) is 0 Å². The fraction of sp³-hybridized carbons (Fsp3) is 0.458. The molecule has 0 spiro atoms. The van der Waals surface area contributed by atoms with E-state index in [2.05, 4.69) is 17.6 Å².